The minimum Gasteiger partial charge on any atom is -0.496 e. The Hall–Kier alpha value is -2.07. The fourth-order valence-corrected chi connectivity index (χ4v) is 3.37. The van der Waals surface area contributed by atoms with Crippen molar-refractivity contribution in [2.45, 2.75) is 79.2 Å². The first-order chi connectivity index (χ1) is 13.3. The summed E-state index contributed by atoms with van der Waals surface area (Å²) >= 11 is 0. The van der Waals surface area contributed by atoms with Crippen molar-refractivity contribution >= 4 is 5.97 Å². The Bertz CT molecular complexity index is 710. The zero-order chi connectivity index (χ0) is 21.1. The lowest BCUT2D eigenvalue weighted by Gasteiger charge is -2.18. The van der Waals surface area contributed by atoms with Gasteiger partial charge in [0.05, 0.1) is 13.7 Å². The van der Waals surface area contributed by atoms with Gasteiger partial charge in [0.2, 0.25) is 0 Å². The van der Waals surface area contributed by atoms with E-state index in [1.54, 1.807) is 0 Å². The monoisotopic (exact) mass is 388 g/mol. The van der Waals surface area contributed by atoms with E-state index in [1.165, 1.54) is 18.3 Å². The van der Waals surface area contributed by atoms with Gasteiger partial charge in [-0.1, -0.05) is 49.1 Å². The normalized spacial score (nSPS) is 11.4. The van der Waals surface area contributed by atoms with E-state index in [9.17, 15) is 15.0 Å². The second-order valence-electron chi connectivity index (χ2n) is 7.58. The van der Waals surface area contributed by atoms with Crippen molar-refractivity contribution in [3.05, 3.63) is 51.6 Å². The van der Waals surface area contributed by atoms with E-state index >= 15 is 0 Å². The average molecular weight is 389 g/mol. The van der Waals surface area contributed by atoms with Gasteiger partial charge in [-0.05, 0) is 64.0 Å². The number of rotatable bonds is 12. The molecule has 2 N–H and O–H groups in total. The van der Waals surface area contributed by atoms with Gasteiger partial charge in [0.25, 0.3) is 0 Å². The fraction of sp³-hybridized carbons (Fsp3) is 0.542. The zero-order valence-electron chi connectivity index (χ0n) is 18.1. The molecule has 0 saturated heterocycles. The Morgan fingerprint density at radius 3 is 2.39 bits per heavy atom. The number of carbonyl (C=O) groups is 1. The largest absolute Gasteiger partial charge is 0.496 e. The van der Waals surface area contributed by atoms with Gasteiger partial charge in [0.1, 0.15) is 11.3 Å². The lowest BCUT2D eigenvalue weighted by molar-refractivity contribution is 0.0691. The highest BCUT2D eigenvalue weighted by Crippen LogP contribution is 2.33. The zero-order valence-corrected chi connectivity index (χ0v) is 18.1. The summed E-state index contributed by atoms with van der Waals surface area (Å²) in [4.78, 5) is 12.0. The van der Waals surface area contributed by atoms with Crippen LogP contribution in [0.3, 0.4) is 0 Å². The molecule has 0 aliphatic rings. The van der Waals surface area contributed by atoms with Crippen molar-refractivity contribution in [2.24, 2.45) is 0 Å². The Kier molecular flexibility index (Phi) is 10.6. The van der Waals surface area contributed by atoms with Crippen LogP contribution < -0.4 is 4.74 Å². The summed E-state index contributed by atoms with van der Waals surface area (Å²) in [6.07, 6.45) is 10.5. The Morgan fingerprint density at radius 1 is 1.14 bits per heavy atom. The number of aromatic carboxylic acids is 1. The van der Waals surface area contributed by atoms with Crippen molar-refractivity contribution in [1.29, 1.82) is 0 Å². The van der Waals surface area contributed by atoms with E-state index in [0.29, 0.717) is 18.6 Å². The molecule has 0 bridgehead atoms. The third kappa shape index (κ3) is 7.16. The highest BCUT2D eigenvalue weighted by Gasteiger charge is 2.22. The summed E-state index contributed by atoms with van der Waals surface area (Å²) in [5.41, 5.74) is 5.05. The van der Waals surface area contributed by atoms with E-state index < -0.39 is 5.97 Å². The van der Waals surface area contributed by atoms with Crippen LogP contribution in [-0.2, 0) is 19.4 Å². The van der Waals surface area contributed by atoms with Crippen LogP contribution in [0.4, 0.5) is 0 Å². The maximum Gasteiger partial charge on any atom is 0.339 e. The molecule has 0 amide bonds. The molecule has 1 aromatic rings. The molecule has 0 radical (unpaired) electrons. The average Bonchev–Trinajstić information content (AvgIpc) is 2.65. The number of aryl methyl sites for hydroxylation is 1. The number of aliphatic hydroxyl groups is 1. The molecule has 1 rings (SSSR count). The van der Waals surface area contributed by atoms with Gasteiger partial charge in [-0.3, -0.25) is 0 Å². The molecule has 0 atom stereocenters. The SMILES string of the molecule is CCCCCc1cc(CO)c(C/C=C(/C)CCC=C(C)C)c(OC)c1C(=O)O. The molecule has 0 unspecified atom stereocenters. The summed E-state index contributed by atoms with van der Waals surface area (Å²) < 4.78 is 5.54. The van der Waals surface area contributed by atoms with Crippen molar-refractivity contribution < 1.29 is 19.7 Å². The molecule has 28 heavy (non-hydrogen) atoms. The quantitative estimate of drug-likeness (QED) is 0.348. The third-order valence-electron chi connectivity index (χ3n) is 4.94. The van der Waals surface area contributed by atoms with Crippen LogP contribution in [0.5, 0.6) is 5.75 Å². The summed E-state index contributed by atoms with van der Waals surface area (Å²) in [5, 5.41) is 19.7. The number of carboxylic acid groups (broad SMARTS) is 1. The number of ether oxygens (including phenoxy) is 1. The van der Waals surface area contributed by atoms with E-state index in [2.05, 4.69) is 39.8 Å². The van der Waals surface area contributed by atoms with Crippen LogP contribution in [0.15, 0.2) is 29.4 Å². The molecular weight excluding hydrogens is 352 g/mol. The van der Waals surface area contributed by atoms with E-state index in [4.69, 9.17) is 4.74 Å². The first-order valence-electron chi connectivity index (χ1n) is 10.2. The van der Waals surface area contributed by atoms with E-state index in [1.807, 2.05) is 6.07 Å². The van der Waals surface area contributed by atoms with Gasteiger partial charge in [-0.15, -0.1) is 0 Å². The maximum atomic E-state index is 12.0. The van der Waals surface area contributed by atoms with Gasteiger partial charge >= 0.3 is 5.97 Å². The first kappa shape index (κ1) is 24.0. The minimum atomic E-state index is -0.974. The molecular formula is C24H36O4. The van der Waals surface area contributed by atoms with Crippen LogP contribution in [0.25, 0.3) is 0 Å². The maximum absolute atomic E-state index is 12.0. The number of hydrogen-bond donors (Lipinski definition) is 2. The highest BCUT2D eigenvalue weighted by molar-refractivity contribution is 5.93. The number of hydrogen-bond acceptors (Lipinski definition) is 3. The molecule has 0 saturated carbocycles. The second kappa shape index (κ2) is 12.4. The number of allylic oxidation sites excluding steroid dienone is 4. The summed E-state index contributed by atoms with van der Waals surface area (Å²) in [6.45, 7) is 8.26. The number of unbranched alkanes of at least 4 members (excludes halogenated alkanes) is 2. The highest BCUT2D eigenvalue weighted by atomic mass is 16.5. The molecule has 156 valence electrons. The standard InChI is InChI=1S/C24H36O4/c1-6-7-8-12-19-15-20(16-25)21(23(28-5)22(19)24(26)27)14-13-18(4)11-9-10-17(2)3/h10,13,15,25H,6-9,11-12,14,16H2,1-5H3,(H,26,27)/b18-13-. The predicted octanol–water partition coefficient (Wildman–Crippen LogP) is 5.85. The van der Waals surface area contributed by atoms with Gasteiger partial charge in [-0.25, -0.2) is 4.79 Å². The van der Waals surface area contributed by atoms with Crippen LogP contribution in [0, 0.1) is 0 Å². The second-order valence-corrected chi connectivity index (χ2v) is 7.58. The smallest absolute Gasteiger partial charge is 0.339 e. The molecule has 1 aromatic carbocycles. The lowest BCUT2D eigenvalue weighted by Crippen LogP contribution is -2.11. The lowest BCUT2D eigenvalue weighted by atomic mass is 9.91. The molecule has 0 heterocycles. The molecule has 0 fully saturated rings. The molecule has 4 nitrogen and oxygen atoms in total. The Morgan fingerprint density at radius 2 is 1.86 bits per heavy atom. The number of carboxylic acids is 1. The van der Waals surface area contributed by atoms with E-state index in [-0.39, 0.29) is 12.2 Å². The third-order valence-corrected chi connectivity index (χ3v) is 4.94. The summed E-state index contributed by atoms with van der Waals surface area (Å²) in [6, 6.07) is 1.85. The number of benzene rings is 1. The van der Waals surface area contributed by atoms with Crippen molar-refractivity contribution in [3.63, 3.8) is 0 Å². The Labute approximate surface area is 169 Å². The topological polar surface area (TPSA) is 66.8 Å². The molecule has 0 aromatic heterocycles. The number of aliphatic hydroxyl groups excluding tert-OH is 1. The predicted molar refractivity (Wildman–Crippen MR) is 115 cm³/mol. The van der Waals surface area contributed by atoms with Crippen molar-refractivity contribution in [3.8, 4) is 5.75 Å². The molecule has 0 aliphatic heterocycles. The summed E-state index contributed by atoms with van der Waals surface area (Å²) in [7, 11) is 1.51. The molecule has 4 heteroatoms. The van der Waals surface area contributed by atoms with Gasteiger partial charge in [-0.2, -0.15) is 0 Å². The summed E-state index contributed by atoms with van der Waals surface area (Å²) in [5.74, 6) is -0.586. The molecule has 0 spiro atoms. The van der Waals surface area contributed by atoms with Crippen molar-refractivity contribution in [1.82, 2.24) is 0 Å². The fourth-order valence-electron chi connectivity index (χ4n) is 3.37. The van der Waals surface area contributed by atoms with E-state index in [0.717, 1.165) is 48.8 Å². The van der Waals surface area contributed by atoms with Crippen LogP contribution in [0.2, 0.25) is 0 Å². The first-order valence-corrected chi connectivity index (χ1v) is 10.2. The van der Waals surface area contributed by atoms with Crippen LogP contribution in [-0.4, -0.2) is 23.3 Å². The minimum absolute atomic E-state index is 0.128. The van der Waals surface area contributed by atoms with Gasteiger partial charge < -0.3 is 14.9 Å². The van der Waals surface area contributed by atoms with Crippen molar-refractivity contribution in [2.75, 3.05) is 7.11 Å². The van der Waals surface area contributed by atoms with Crippen LogP contribution in [0.1, 0.15) is 86.8 Å². The van der Waals surface area contributed by atoms with Crippen LogP contribution >= 0.6 is 0 Å². The Balaban J connectivity index is 3.24. The van der Waals surface area contributed by atoms with Gasteiger partial charge in [0.15, 0.2) is 0 Å². The molecule has 0 aliphatic carbocycles. The van der Waals surface area contributed by atoms with Gasteiger partial charge in [0, 0.05) is 5.56 Å². The number of methoxy groups -OCH3 is 1.